The molecule has 0 radical (unpaired) electrons. The lowest BCUT2D eigenvalue weighted by atomic mass is 10.2. The van der Waals surface area contributed by atoms with Crippen molar-refractivity contribution >= 4 is 29.9 Å². The van der Waals surface area contributed by atoms with Gasteiger partial charge in [-0.2, -0.15) is 0 Å². The summed E-state index contributed by atoms with van der Waals surface area (Å²) in [6.45, 7) is 4.60. The van der Waals surface area contributed by atoms with Crippen LogP contribution < -0.4 is 15.4 Å². The molecular formula is C18H31IN4O2. The van der Waals surface area contributed by atoms with E-state index >= 15 is 0 Å². The van der Waals surface area contributed by atoms with Gasteiger partial charge in [-0.05, 0) is 37.1 Å². The van der Waals surface area contributed by atoms with Gasteiger partial charge in [0.05, 0.1) is 13.7 Å². The highest BCUT2D eigenvalue weighted by molar-refractivity contribution is 14.0. The second kappa shape index (κ2) is 12.3. The van der Waals surface area contributed by atoms with Crippen molar-refractivity contribution in [3.8, 4) is 5.75 Å². The van der Waals surface area contributed by atoms with Crippen molar-refractivity contribution in [1.82, 2.24) is 15.5 Å². The Morgan fingerprint density at radius 1 is 1.24 bits per heavy atom. The maximum atomic E-state index is 5.20. The summed E-state index contributed by atoms with van der Waals surface area (Å²) in [5.74, 6) is 1.71. The molecule has 0 aliphatic carbocycles. The van der Waals surface area contributed by atoms with Crippen LogP contribution >= 0.6 is 24.0 Å². The van der Waals surface area contributed by atoms with E-state index < -0.39 is 0 Å². The highest BCUT2D eigenvalue weighted by Crippen LogP contribution is 2.15. The van der Waals surface area contributed by atoms with E-state index in [4.69, 9.17) is 9.47 Å². The highest BCUT2D eigenvalue weighted by Gasteiger charge is 2.23. The Balaban J connectivity index is 0.00000312. The summed E-state index contributed by atoms with van der Waals surface area (Å²) in [4.78, 5) is 6.80. The lowest BCUT2D eigenvalue weighted by Crippen LogP contribution is -2.45. The molecule has 2 rings (SSSR count). The average Bonchev–Trinajstić information content (AvgIpc) is 3.08. The molecule has 2 N–H and O–H groups in total. The Kier molecular flexibility index (Phi) is 10.8. The number of ether oxygens (including phenoxy) is 2. The SMILES string of the molecule is CN=C(NCc1ccc(OC)cc1)NCC1CCCN1CCOC.I. The van der Waals surface area contributed by atoms with Crippen molar-refractivity contribution in [3.63, 3.8) is 0 Å². The van der Waals surface area contributed by atoms with E-state index in [2.05, 4.69) is 32.7 Å². The largest absolute Gasteiger partial charge is 0.497 e. The molecule has 0 bridgehead atoms. The minimum Gasteiger partial charge on any atom is -0.497 e. The molecule has 1 heterocycles. The molecule has 1 aromatic rings. The zero-order chi connectivity index (χ0) is 17.2. The Bertz CT molecular complexity index is 510. The van der Waals surface area contributed by atoms with Crippen molar-refractivity contribution in [2.24, 2.45) is 4.99 Å². The van der Waals surface area contributed by atoms with Crippen LogP contribution in [0.1, 0.15) is 18.4 Å². The minimum absolute atomic E-state index is 0. The molecule has 1 atom stereocenters. The Morgan fingerprint density at radius 3 is 2.64 bits per heavy atom. The first kappa shape index (κ1) is 22.0. The molecule has 0 aromatic heterocycles. The van der Waals surface area contributed by atoms with Crippen LogP contribution in [0.25, 0.3) is 0 Å². The van der Waals surface area contributed by atoms with Gasteiger partial charge in [0, 0.05) is 39.8 Å². The molecule has 25 heavy (non-hydrogen) atoms. The van der Waals surface area contributed by atoms with E-state index in [0.717, 1.165) is 44.5 Å². The van der Waals surface area contributed by atoms with Crippen molar-refractivity contribution < 1.29 is 9.47 Å². The summed E-state index contributed by atoms with van der Waals surface area (Å²) in [6, 6.07) is 8.61. The van der Waals surface area contributed by atoms with E-state index in [0.29, 0.717) is 6.04 Å². The molecule has 1 aliphatic rings. The zero-order valence-corrected chi connectivity index (χ0v) is 17.8. The molecule has 1 aromatic carbocycles. The molecule has 0 saturated carbocycles. The smallest absolute Gasteiger partial charge is 0.191 e. The van der Waals surface area contributed by atoms with E-state index in [-0.39, 0.29) is 24.0 Å². The van der Waals surface area contributed by atoms with Gasteiger partial charge in [0.25, 0.3) is 0 Å². The van der Waals surface area contributed by atoms with Crippen molar-refractivity contribution in [2.75, 3.05) is 47.5 Å². The van der Waals surface area contributed by atoms with Crippen LogP contribution in [-0.2, 0) is 11.3 Å². The van der Waals surface area contributed by atoms with Gasteiger partial charge >= 0.3 is 0 Å². The fraction of sp³-hybridized carbons (Fsp3) is 0.611. The van der Waals surface area contributed by atoms with E-state index in [1.165, 1.54) is 18.4 Å². The van der Waals surface area contributed by atoms with Crippen LogP contribution in [-0.4, -0.2) is 64.4 Å². The third-order valence-electron chi connectivity index (χ3n) is 4.43. The molecule has 0 amide bonds. The maximum Gasteiger partial charge on any atom is 0.191 e. The van der Waals surface area contributed by atoms with Gasteiger partial charge in [0.2, 0.25) is 0 Å². The molecule has 1 saturated heterocycles. The van der Waals surface area contributed by atoms with Crippen molar-refractivity contribution in [3.05, 3.63) is 29.8 Å². The fourth-order valence-electron chi connectivity index (χ4n) is 2.99. The number of benzene rings is 1. The first-order valence-electron chi connectivity index (χ1n) is 8.57. The van der Waals surface area contributed by atoms with Gasteiger partial charge in [-0.1, -0.05) is 12.1 Å². The zero-order valence-electron chi connectivity index (χ0n) is 15.5. The Labute approximate surface area is 168 Å². The van der Waals surface area contributed by atoms with Gasteiger partial charge in [0.15, 0.2) is 5.96 Å². The topological polar surface area (TPSA) is 58.1 Å². The number of nitrogens with one attached hydrogen (secondary N) is 2. The highest BCUT2D eigenvalue weighted by atomic mass is 127. The number of nitrogens with zero attached hydrogens (tertiary/aromatic N) is 2. The van der Waals surface area contributed by atoms with E-state index in [1.807, 2.05) is 12.1 Å². The number of aliphatic imine (C=N–C) groups is 1. The quantitative estimate of drug-likeness (QED) is 0.352. The monoisotopic (exact) mass is 462 g/mol. The normalized spacial score (nSPS) is 17.9. The maximum absolute atomic E-state index is 5.20. The number of likely N-dealkylation sites (tertiary alicyclic amines) is 1. The lowest BCUT2D eigenvalue weighted by molar-refractivity contribution is 0.141. The molecule has 6 nitrogen and oxygen atoms in total. The lowest BCUT2D eigenvalue weighted by Gasteiger charge is -2.25. The number of guanidine groups is 1. The number of rotatable bonds is 8. The molecule has 1 unspecified atom stereocenters. The minimum atomic E-state index is 0. The molecule has 142 valence electrons. The van der Waals surface area contributed by atoms with Crippen molar-refractivity contribution in [1.29, 1.82) is 0 Å². The van der Waals surface area contributed by atoms with E-state index in [9.17, 15) is 0 Å². The fourth-order valence-corrected chi connectivity index (χ4v) is 2.99. The van der Waals surface area contributed by atoms with Crippen LogP contribution in [0.2, 0.25) is 0 Å². The Hall–Kier alpha value is -1.06. The summed E-state index contributed by atoms with van der Waals surface area (Å²) >= 11 is 0. The molecule has 0 spiro atoms. The number of halogens is 1. The molecular weight excluding hydrogens is 431 g/mol. The first-order valence-corrected chi connectivity index (χ1v) is 8.57. The van der Waals surface area contributed by atoms with E-state index in [1.54, 1.807) is 21.3 Å². The van der Waals surface area contributed by atoms with Gasteiger partial charge in [-0.25, -0.2) is 0 Å². The van der Waals surface area contributed by atoms with Crippen LogP contribution in [0.3, 0.4) is 0 Å². The number of hydrogen-bond donors (Lipinski definition) is 2. The second-order valence-corrected chi connectivity index (χ2v) is 5.98. The predicted octanol–water partition coefficient (Wildman–Crippen LogP) is 2.09. The Morgan fingerprint density at radius 2 is 2.00 bits per heavy atom. The second-order valence-electron chi connectivity index (χ2n) is 5.98. The standard InChI is InChI=1S/C18H30N4O2.HI/c1-19-18(20-13-15-6-8-17(24-3)9-7-15)21-14-16-5-4-10-22(16)11-12-23-2;/h6-9,16H,4-5,10-14H2,1-3H3,(H2,19,20,21);1H. The third-order valence-corrected chi connectivity index (χ3v) is 4.43. The van der Waals surface area contributed by atoms with Crippen LogP contribution in [0.5, 0.6) is 5.75 Å². The van der Waals surface area contributed by atoms with Gasteiger partial charge in [-0.3, -0.25) is 9.89 Å². The van der Waals surface area contributed by atoms with Gasteiger partial charge in [-0.15, -0.1) is 24.0 Å². The summed E-state index contributed by atoms with van der Waals surface area (Å²) in [5, 5.41) is 6.80. The third kappa shape index (κ3) is 7.37. The number of hydrogen-bond acceptors (Lipinski definition) is 4. The van der Waals surface area contributed by atoms with Crippen molar-refractivity contribution in [2.45, 2.75) is 25.4 Å². The molecule has 1 aliphatic heterocycles. The average molecular weight is 462 g/mol. The molecule has 1 fully saturated rings. The van der Waals surface area contributed by atoms with Gasteiger partial charge in [0.1, 0.15) is 5.75 Å². The summed E-state index contributed by atoms with van der Waals surface area (Å²) in [6.07, 6.45) is 2.49. The van der Waals surface area contributed by atoms with Crippen LogP contribution in [0.4, 0.5) is 0 Å². The molecule has 7 heteroatoms. The van der Waals surface area contributed by atoms with Crippen LogP contribution in [0, 0.1) is 0 Å². The summed E-state index contributed by atoms with van der Waals surface area (Å²) in [5.41, 5.74) is 1.20. The number of methoxy groups -OCH3 is 2. The van der Waals surface area contributed by atoms with Gasteiger partial charge < -0.3 is 20.1 Å². The summed E-state index contributed by atoms with van der Waals surface area (Å²) in [7, 11) is 5.24. The predicted molar refractivity (Wildman–Crippen MR) is 113 cm³/mol. The first-order chi connectivity index (χ1) is 11.8. The van der Waals surface area contributed by atoms with Crippen LogP contribution in [0.15, 0.2) is 29.3 Å². The summed E-state index contributed by atoms with van der Waals surface area (Å²) < 4.78 is 10.4.